The van der Waals surface area contributed by atoms with E-state index in [2.05, 4.69) is 15.9 Å². The Morgan fingerprint density at radius 1 is 1.24 bits per heavy atom. The van der Waals surface area contributed by atoms with E-state index in [4.69, 9.17) is 0 Å². The van der Waals surface area contributed by atoms with Gasteiger partial charge < -0.3 is 0 Å². The minimum absolute atomic E-state index is 0.407. The van der Waals surface area contributed by atoms with Gasteiger partial charge in [-0.25, -0.2) is 0 Å². The molecule has 21 heavy (non-hydrogen) atoms. The van der Waals surface area contributed by atoms with E-state index in [1.807, 2.05) is 31.2 Å². The van der Waals surface area contributed by atoms with Crippen molar-refractivity contribution in [3.05, 3.63) is 64.2 Å². The molecule has 106 valence electrons. The van der Waals surface area contributed by atoms with E-state index in [1.54, 1.807) is 6.08 Å². The summed E-state index contributed by atoms with van der Waals surface area (Å²) in [4.78, 5) is 35.6. The molecule has 1 aromatic rings. The summed E-state index contributed by atoms with van der Waals surface area (Å²) >= 11 is 3.20. The average Bonchev–Trinajstić information content (AvgIpc) is 2.58. The average molecular weight is 345 g/mol. The highest BCUT2D eigenvalue weighted by molar-refractivity contribution is 9.11. The molecule has 4 heteroatoms. The van der Waals surface area contributed by atoms with Gasteiger partial charge in [-0.05, 0) is 30.7 Å². The molecular formula is C17H13BrO3. The number of hydrogen-bond acceptors (Lipinski definition) is 3. The molecule has 0 aromatic heterocycles. The maximum atomic E-state index is 12.2. The summed E-state index contributed by atoms with van der Waals surface area (Å²) in [6.45, 7) is 1.96. The summed E-state index contributed by atoms with van der Waals surface area (Å²) in [6.07, 6.45) is 7.07. The molecule has 0 amide bonds. The number of halogens is 1. The van der Waals surface area contributed by atoms with E-state index in [-0.39, 0.29) is 0 Å². The summed E-state index contributed by atoms with van der Waals surface area (Å²) in [5, 5.41) is 0. The third kappa shape index (κ3) is 3.95. The van der Waals surface area contributed by atoms with E-state index in [1.165, 1.54) is 24.3 Å². The Hall–Kier alpha value is -2.07. The molecule has 0 radical (unpaired) electrons. The number of rotatable bonds is 3. The number of benzene rings is 1. The van der Waals surface area contributed by atoms with Gasteiger partial charge in [0.25, 0.3) is 0 Å². The van der Waals surface area contributed by atoms with Crippen molar-refractivity contribution in [2.24, 2.45) is 5.92 Å². The van der Waals surface area contributed by atoms with Crippen LogP contribution in [0.5, 0.6) is 0 Å². The largest absolute Gasteiger partial charge is 0.294 e. The van der Waals surface area contributed by atoms with Crippen molar-refractivity contribution in [2.75, 3.05) is 0 Å². The molecule has 1 aliphatic carbocycles. The Bertz CT molecular complexity index is 696. The summed E-state index contributed by atoms with van der Waals surface area (Å²) in [5.41, 5.74) is 1.95. The topological polar surface area (TPSA) is 51.2 Å². The van der Waals surface area contributed by atoms with Gasteiger partial charge in [0, 0.05) is 4.48 Å². The molecular weight excluding hydrogens is 332 g/mol. The normalized spacial score (nSPS) is 18.8. The van der Waals surface area contributed by atoms with Gasteiger partial charge in [-0.1, -0.05) is 57.9 Å². The zero-order valence-corrected chi connectivity index (χ0v) is 13.0. The SMILES string of the molecule is Cc1cccc(/C=C/C(=O)C2C=C(Br)C=CC(=O)C2=O)c1. The molecule has 0 aliphatic heterocycles. The maximum absolute atomic E-state index is 12.2. The lowest BCUT2D eigenvalue weighted by Gasteiger charge is -2.04. The summed E-state index contributed by atoms with van der Waals surface area (Å²) in [5.74, 6) is -2.85. The van der Waals surface area contributed by atoms with Crippen LogP contribution in [0.1, 0.15) is 11.1 Å². The molecule has 3 nitrogen and oxygen atoms in total. The minimum Gasteiger partial charge on any atom is -0.294 e. The Kier molecular flexibility index (Phi) is 4.81. The van der Waals surface area contributed by atoms with Crippen LogP contribution < -0.4 is 0 Å². The van der Waals surface area contributed by atoms with Crippen molar-refractivity contribution in [3.8, 4) is 0 Å². The molecule has 1 unspecified atom stereocenters. The van der Waals surface area contributed by atoms with Crippen LogP contribution in [0, 0.1) is 12.8 Å². The standard InChI is InChI=1S/C17H13BrO3/c1-11-3-2-4-12(9-11)5-7-15(19)14-10-13(18)6-8-16(20)17(14)21/h2-10,14H,1H3/b7-5+. The molecule has 0 spiro atoms. The lowest BCUT2D eigenvalue weighted by atomic mass is 9.96. The second-order valence-corrected chi connectivity index (χ2v) is 5.66. The lowest BCUT2D eigenvalue weighted by molar-refractivity contribution is -0.138. The van der Waals surface area contributed by atoms with Crippen LogP contribution in [-0.4, -0.2) is 17.3 Å². The van der Waals surface area contributed by atoms with Crippen molar-refractivity contribution in [1.82, 2.24) is 0 Å². The number of allylic oxidation sites excluding steroid dienone is 5. The van der Waals surface area contributed by atoms with Gasteiger partial charge in [0.05, 0.1) is 0 Å². The highest BCUT2D eigenvalue weighted by atomic mass is 79.9. The monoisotopic (exact) mass is 344 g/mol. The first-order valence-corrected chi connectivity index (χ1v) is 7.19. The molecule has 1 aliphatic rings. The fourth-order valence-electron chi connectivity index (χ4n) is 1.95. The van der Waals surface area contributed by atoms with E-state index in [0.29, 0.717) is 4.48 Å². The number of carbonyl (C=O) groups excluding carboxylic acids is 3. The van der Waals surface area contributed by atoms with Gasteiger partial charge >= 0.3 is 0 Å². The molecule has 0 N–H and O–H groups in total. The van der Waals surface area contributed by atoms with Crippen LogP contribution in [0.15, 0.2) is 53.1 Å². The zero-order valence-electron chi connectivity index (χ0n) is 11.4. The first-order valence-electron chi connectivity index (χ1n) is 6.39. The molecule has 0 saturated heterocycles. The highest BCUT2D eigenvalue weighted by Gasteiger charge is 2.28. The molecule has 0 fully saturated rings. The second-order valence-electron chi connectivity index (χ2n) is 4.74. The van der Waals surface area contributed by atoms with Gasteiger partial charge in [0.15, 0.2) is 5.78 Å². The van der Waals surface area contributed by atoms with Crippen LogP contribution in [-0.2, 0) is 14.4 Å². The first kappa shape index (κ1) is 15.3. The zero-order chi connectivity index (χ0) is 15.4. The predicted octanol–water partition coefficient (Wildman–Crippen LogP) is 3.18. The number of ketones is 3. The van der Waals surface area contributed by atoms with Gasteiger partial charge in [-0.3, -0.25) is 14.4 Å². The van der Waals surface area contributed by atoms with Crippen LogP contribution in [0.2, 0.25) is 0 Å². The molecule has 1 atom stereocenters. The van der Waals surface area contributed by atoms with Crippen molar-refractivity contribution in [1.29, 1.82) is 0 Å². The Balaban J connectivity index is 2.21. The van der Waals surface area contributed by atoms with E-state index in [0.717, 1.165) is 11.1 Å². The number of carbonyl (C=O) groups is 3. The second kappa shape index (κ2) is 6.59. The van der Waals surface area contributed by atoms with Crippen molar-refractivity contribution >= 4 is 39.4 Å². The van der Waals surface area contributed by atoms with Gasteiger partial charge in [0.1, 0.15) is 5.92 Å². The quantitative estimate of drug-likeness (QED) is 0.480. The number of Topliss-reactive ketones (excluding diaryl/α,β-unsaturated/α-hetero) is 1. The van der Waals surface area contributed by atoms with Crippen molar-refractivity contribution in [3.63, 3.8) is 0 Å². The molecule has 1 aromatic carbocycles. The fourth-order valence-corrected chi connectivity index (χ4v) is 2.34. The summed E-state index contributed by atoms with van der Waals surface area (Å²) in [7, 11) is 0. The van der Waals surface area contributed by atoms with Gasteiger partial charge in [-0.2, -0.15) is 0 Å². The van der Waals surface area contributed by atoms with Crippen molar-refractivity contribution < 1.29 is 14.4 Å². The molecule has 0 saturated carbocycles. The van der Waals surface area contributed by atoms with Gasteiger partial charge in [0.2, 0.25) is 11.6 Å². The van der Waals surface area contributed by atoms with Gasteiger partial charge in [-0.15, -0.1) is 0 Å². The smallest absolute Gasteiger partial charge is 0.222 e. The fraction of sp³-hybridized carbons (Fsp3) is 0.118. The number of hydrogen-bond donors (Lipinski definition) is 0. The first-order chi connectivity index (χ1) is 9.97. The molecule has 0 bridgehead atoms. The summed E-state index contributed by atoms with van der Waals surface area (Å²) < 4.78 is 0.545. The van der Waals surface area contributed by atoms with E-state index >= 15 is 0 Å². The van der Waals surface area contributed by atoms with E-state index in [9.17, 15) is 14.4 Å². The third-order valence-electron chi connectivity index (χ3n) is 3.03. The van der Waals surface area contributed by atoms with Crippen LogP contribution >= 0.6 is 15.9 Å². The summed E-state index contributed by atoms with van der Waals surface area (Å²) in [6, 6.07) is 7.64. The Morgan fingerprint density at radius 2 is 2.00 bits per heavy atom. The third-order valence-corrected chi connectivity index (χ3v) is 3.56. The van der Waals surface area contributed by atoms with Crippen LogP contribution in [0.3, 0.4) is 0 Å². The Labute approximate surface area is 131 Å². The highest BCUT2D eigenvalue weighted by Crippen LogP contribution is 2.18. The molecule has 2 rings (SSSR count). The molecule has 0 heterocycles. The lowest BCUT2D eigenvalue weighted by Crippen LogP contribution is -2.26. The number of aryl methyl sites for hydroxylation is 1. The minimum atomic E-state index is -1.07. The maximum Gasteiger partial charge on any atom is 0.222 e. The van der Waals surface area contributed by atoms with Crippen LogP contribution in [0.25, 0.3) is 6.08 Å². The van der Waals surface area contributed by atoms with Crippen molar-refractivity contribution in [2.45, 2.75) is 6.92 Å². The predicted molar refractivity (Wildman–Crippen MR) is 84.9 cm³/mol. The van der Waals surface area contributed by atoms with E-state index < -0.39 is 23.3 Å². The van der Waals surface area contributed by atoms with Crippen LogP contribution in [0.4, 0.5) is 0 Å². The Morgan fingerprint density at radius 3 is 2.71 bits per heavy atom.